The van der Waals surface area contributed by atoms with Gasteiger partial charge in [0.2, 0.25) is 5.91 Å². The standard InChI is InChI=1S/C18H28FN3O3/c1-2-24-25-13-17-3-6-18(7-4-17,8-5-17)21-11-16(23)22-12-14(19)9-15(22)10-20/h14-15,21H,2-9,11-13H2,1H3/t14-,15-,17?,18?/m0/s1. The van der Waals surface area contributed by atoms with Crippen LogP contribution in [0.3, 0.4) is 0 Å². The number of hydrogen-bond acceptors (Lipinski definition) is 5. The molecule has 1 heterocycles. The molecule has 1 N–H and O–H groups in total. The minimum atomic E-state index is -1.08. The summed E-state index contributed by atoms with van der Waals surface area (Å²) in [5.74, 6) is -0.164. The fourth-order valence-electron chi connectivity index (χ4n) is 4.54. The number of nitrogens with one attached hydrogen (secondary N) is 1. The van der Waals surface area contributed by atoms with E-state index < -0.39 is 12.2 Å². The Morgan fingerprint density at radius 2 is 1.96 bits per heavy atom. The molecule has 3 saturated carbocycles. The van der Waals surface area contributed by atoms with Gasteiger partial charge >= 0.3 is 0 Å². The third-order valence-corrected chi connectivity index (χ3v) is 6.30. The van der Waals surface area contributed by atoms with Gasteiger partial charge in [0.25, 0.3) is 0 Å². The lowest BCUT2D eigenvalue weighted by Gasteiger charge is -2.53. The number of carbonyl (C=O) groups excluding carboxylic acids is 1. The van der Waals surface area contributed by atoms with E-state index in [2.05, 4.69) is 5.32 Å². The van der Waals surface area contributed by atoms with Gasteiger partial charge in [-0.15, -0.1) is 0 Å². The minimum absolute atomic E-state index is 0.00000366. The molecule has 3 aliphatic carbocycles. The fraction of sp³-hybridized carbons (Fsp3) is 0.889. The van der Waals surface area contributed by atoms with E-state index in [4.69, 9.17) is 15.0 Å². The van der Waals surface area contributed by atoms with Crippen molar-refractivity contribution in [3.05, 3.63) is 0 Å². The van der Waals surface area contributed by atoms with Crippen LogP contribution >= 0.6 is 0 Å². The third kappa shape index (κ3) is 3.97. The van der Waals surface area contributed by atoms with E-state index >= 15 is 0 Å². The number of hydrogen-bond donors (Lipinski definition) is 1. The molecule has 2 atom stereocenters. The van der Waals surface area contributed by atoms with Crippen molar-refractivity contribution in [2.45, 2.75) is 69.6 Å². The van der Waals surface area contributed by atoms with E-state index in [0.29, 0.717) is 13.2 Å². The predicted molar refractivity (Wildman–Crippen MR) is 89.1 cm³/mol. The molecule has 4 aliphatic rings. The molecule has 1 amide bonds. The molecule has 0 radical (unpaired) electrons. The number of nitriles is 1. The number of alkyl halides is 1. The Morgan fingerprint density at radius 3 is 2.56 bits per heavy atom. The number of likely N-dealkylation sites (tertiary alicyclic amines) is 1. The molecule has 6 nitrogen and oxygen atoms in total. The Hall–Kier alpha value is -1.23. The second kappa shape index (κ2) is 7.56. The van der Waals surface area contributed by atoms with Crippen LogP contribution in [0, 0.1) is 16.7 Å². The van der Waals surface area contributed by atoms with Crippen LogP contribution in [0.25, 0.3) is 0 Å². The molecule has 7 heteroatoms. The average Bonchev–Trinajstić information content (AvgIpc) is 3.03. The number of carbonyl (C=O) groups is 1. The zero-order chi connectivity index (χ0) is 17.9. The fourth-order valence-corrected chi connectivity index (χ4v) is 4.54. The van der Waals surface area contributed by atoms with Crippen LogP contribution < -0.4 is 5.32 Å². The predicted octanol–water partition coefficient (Wildman–Crippen LogP) is 2.10. The SMILES string of the molecule is CCOOCC12CCC(NCC(=O)N3C[C@@H](F)C[C@H]3C#N)(CC1)CC2. The highest BCUT2D eigenvalue weighted by molar-refractivity contribution is 5.79. The zero-order valence-electron chi connectivity index (χ0n) is 14.9. The molecule has 4 fully saturated rings. The summed E-state index contributed by atoms with van der Waals surface area (Å²) in [6, 6.07) is 1.41. The first-order valence-corrected chi connectivity index (χ1v) is 9.34. The second-order valence-corrected chi connectivity index (χ2v) is 7.83. The van der Waals surface area contributed by atoms with Crippen LogP contribution in [-0.2, 0) is 14.6 Å². The molecule has 1 saturated heterocycles. The Labute approximate surface area is 148 Å². The number of halogens is 1. The number of fused-ring (bicyclic) bond motifs is 3. The average molecular weight is 353 g/mol. The monoisotopic (exact) mass is 353 g/mol. The van der Waals surface area contributed by atoms with Crippen LogP contribution in [0.5, 0.6) is 0 Å². The number of amides is 1. The van der Waals surface area contributed by atoms with Gasteiger partial charge < -0.3 is 10.2 Å². The van der Waals surface area contributed by atoms with E-state index in [1.165, 1.54) is 4.90 Å². The maximum Gasteiger partial charge on any atom is 0.237 e. The topological polar surface area (TPSA) is 74.6 Å². The Kier molecular flexibility index (Phi) is 5.62. The molecular weight excluding hydrogens is 325 g/mol. The summed E-state index contributed by atoms with van der Waals surface area (Å²) in [5.41, 5.74) is 0.213. The van der Waals surface area contributed by atoms with Gasteiger partial charge in [-0.3, -0.25) is 4.79 Å². The first-order chi connectivity index (χ1) is 12.0. The molecular formula is C18H28FN3O3. The second-order valence-electron chi connectivity index (χ2n) is 7.83. The smallest absolute Gasteiger partial charge is 0.237 e. The summed E-state index contributed by atoms with van der Waals surface area (Å²) in [7, 11) is 0. The van der Waals surface area contributed by atoms with E-state index in [1.54, 1.807) is 0 Å². The summed E-state index contributed by atoms with van der Waals surface area (Å²) in [5, 5.41) is 12.5. The Bertz CT molecular complexity index is 512. The maximum atomic E-state index is 13.5. The first-order valence-electron chi connectivity index (χ1n) is 9.34. The summed E-state index contributed by atoms with van der Waals surface area (Å²) >= 11 is 0. The van der Waals surface area contributed by atoms with E-state index in [0.717, 1.165) is 38.5 Å². The highest BCUT2D eigenvalue weighted by Crippen LogP contribution is 2.52. The molecule has 0 aromatic carbocycles. The molecule has 1 aliphatic heterocycles. The quantitative estimate of drug-likeness (QED) is 0.431. The number of nitrogens with zero attached hydrogens (tertiary/aromatic N) is 2. The van der Waals surface area contributed by atoms with Crippen LogP contribution in [0.4, 0.5) is 4.39 Å². The van der Waals surface area contributed by atoms with Crippen molar-refractivity contribution in [1.29, 1.82) is 5.26 Å². The number of rotatable bonds is 7. The van der Waals surface area contributed by atoms with Gasteiger partial charge in [-0.2, -0.15) is 5.26 Å². The third-order valence-electron chi connectivity index (χ3n) is 6.30. The largest absolute Gasteiger partial charge is 0.323 e. The van der Waals surface area contributed by atoms with Gasteiger partial charge in [-0.25, -0.2) is 14.2 Å². The Morgan fingerprint density at radius 1 is 1.28 bits per heavy atom. The van der Waals surface area contributed by atoms with Crippen LogP contribution in [-0.4, -0.2) is 54.9 Å². The molecule has 0 spiro atoms. The van der Waals surface area contributed by atoms with Gasteiger partial charge in [0.05, 0.1) is 32.4 Å². The van der Waals surface area contributed by atoms with Crippen molar-refractivity contribution in [2.24, 2.45) is 5.41 Å². The van der Waals surface area contributed by atoms with E-state index in [1.807, 2.05) is 13.0 Å². The first kappa shape index (κ1) is 18.6. The van der Waals surface area contributed by atoms with Crippen LogP contribution in [0.1, 0.15) is 51.9 Å². The van der Waals surface area contributed by atoms with Crippen molar-refractivity contribution in [3.63, 3.8) is 0 Å². The van der Waals surface area contributed by atoms with Crippen molar-refractivity contribution in [1.82, 2.24) is 10.2 Å². The summed E-state index contributed by atoms with van der Waals surface area (Å²) in [6.45, 7) is 3.35. The highest BCUT2D eigenvalue weighted by atomic mass is 19.1. The van der Waals surface area contributed by atoms with E-state index in [-0.39, 0.29) is 36.4 Å². The van der Waals surface area contributed by atoms with Crippen molar-refractivity contribution >= 4 is 5.91 Å². The highest BCUT2D eigenvalue weighted by Gasteiger charge is 2.49. The van der Waals surface area contributed by atoms with Gasteiger partial charge in [0.1, 0.15) is 12.2 Å². The maximum absolute atomic E-state index is 13.5. The van der Waals surface area contributed by atoms with Crippen molar-refractivity contribution < 1.29 is 19.0 Å². The lowest BCUT2D eigenvalue weighted by atomic mass is 9.57. The van der Waals surface area contributed by atoms with Crippen molar-refractivity contribution in [2.75, 3.05) is 26.3 Å². The summed E-state index contributed by atoms with van der Waals surface area (Å²) in [6.07, 6.45) is 5.31. The molecule has 2 bridgehead atoms. The van der Waals surface area contributed by atoms with Gasteiger partial charge in [-0.05, 0) is 50.9 Å². The van der Waals surface area contributed by atoms with Gasteiger partial charge in [-0.1, -0.05) is 0 Å². The molecule has 140 valence electrons. The summed E-state index contributed by atoms with van der Waals surface area (Å²) < 4.78 is 13.5. The minimum Gasteiger partial charge on any atom is -0.323 e. The summed E-state index contributed by atoms with van der Waals surface area (Å²) in [4.78, 5) is 24.2. The lowest BCUT2D eigenvalue weighted by Crippen LogP contribution is -2.58. The van der Waals surface area contributed by atoms with E-state index in [9.17, 15) is 9.18 Å². The van der Waals surface area contributed by atoms with Gasteiger partial charge in [0.15, 0.2) is 0 Å². The molecule has 0 unspecified atom stereocenters. The zero-order valence-corrected chi connectivity index (χ0v) is 14.9. The Balaban J connectivity index is 1.49. The molecule has 4 rings (SSSR count). The molecule has 0 aromatic heterocycles. The normalized spacial score (nSPS) is 37.2. The lowest BCUT2D eigenvalue weighted by molar-refractivity contribution is -0.312. The molecule has 25 heavy (non-hydrogen) atoms. The van der Waals surface area contributed by atoms with Gasteiger partial charge in [0, 0.05) is 12.0 Å². The van der Waals surface area contributed by atoms with Crippen molar-refractivity contribution in [3.8, 4) is 6.07 Å². The van der Waals surface area contributed by atoms with Crippen LogP contribution in [0.2, 0.25) is 0 Å². The van der Waals surface area contributed by atoms with Crippen LogP contribution in [0.15, 0.2) is 0 Å². The molecule has 0 aromatic rings.